The van der Waals surface area contributed by atoms with E-state index in [9.17, 15) is 13.6 Å². The first kappa shape index (κ1) is 10.2. The fourth-order valence-electron chi connectivity index (χ4n) is 1.29. The van der Waals surface area contributed by atoms with Gasteiger partial charge >= 0.3 is 0 Å². The second-order valence-corrected chi connectivity index (χ2v) is 3.04. The maximum Gasteiger partial charge on any atom is 0.271 e. The SMILES string of the molecule is NC(=O)c1n[nH]nc1-c1cc(F)cc(F)c1. The maximum absolute atomic E-state index is 12.9. The predicted octanol–water partition coefficient (Wildman–Crippen LogP) is 0.849. The Morgan fingerprint density at radius 1 is 1.19 bits per heavy atom. The first-order valence-electron chi connectivity index (χ1n) is 4.25. The summed E-state index contributed by atoms with van der Waals surface area (Å²) in [6.07, 6.45) is 0. The molecule has 5 nitrogen and oxygen atoms in total. The van der Waals surface area contributed by atoms with E-state index in [2.05, 4.69) is 15.4 Å². The molecule has 0 fully saturated rings. The molecule has 3 N–H and O–H groups in total. The molecule has 0 saturated carbocycles. The lowest BCUT2D eigenvalue weighted by atomic mass is 10.1. The number of hydrogen-bond donors (Lipinski definition) is 2. The summed E-state index contributed by atoms with van der Waals surface area (Å²) in [5.74, 6) is -2.37. The minimum Gasteiger partial charge on any atom is -0.364 e. The highest BCUT2D eigenvalue weighted by molar-refractivity contribution is 5.96. The van der Waals surface area contributed by atoms with Crippen molar-refractivity contribution < 1.29 is 13.6 Å². The van der Waals surface area contributed by atoms with Gasteiger partial charge in [-0.15, -0.1) is 0 Å². The molecule has 0 atom stereocenters. The minimum absolute atomic E-state index is 0.0194. The molecule has 82 valence electrons. The Bertz CT molecular complexity index is 532. The number of H-pyrrole nitrogens is 1. The zero-order chi connectivity index (χ0) is 11.7. The van der Waals surface area contributed by atoms with E-state index in [4.69, 9.17) is 5.73 Å². The number of nitrogens with one attached hydrogen (secondary N) is 1. The normalized spacial score (nSPS) is 10.4. The number of amides is 1. The number of halogens is 2. The number of aromatic nitrogens is 3. The third-order valence-electron chi connectivity index (χ3n) is 1.92. The zero-order valence-electron chi connectivity index (χ0n) is 7.87. The van der Waals surface area contributed by atoms with Gasteiger partial charge in [-0.3, -0.25) is 4.79 Å². The van der Waals surface area contributed by atoms with Crippen LogP contribution in [0.4, 0.5) is 8.78 Å². The molecule has 0 aliphatic rings. The molecular formula is C9H6F2N4O. The summed E-state index contributed by atoms with van der Waals surface area (Å²) in [5.41, 5.74) is 4.98. The van der Waals surface area contributed by atoms with E-state index in [1.54, 1.807) is 0 Å². The van der Waals surface area contributed by atoms with E-state index >= 15 is 0 Å². The van der Waals surface area contributed by atoms with Crippen LogP contribution in [-0.2, 0) is 0 Å². The maximum atomic E-state index is 12.9. The lowest BCUT2D eigenvalue weighted by molar-refractivity contribution is 0.0996. The number of carbonyl (C=O) groups is 1. The van der Waals surface area contributed by atoms with Crippen LogP contribution in [0.15, 0.2) is 18.2 Å². The number of primary amides is 1. The van der Waals surface area contributed by atoms with Gasteiger partial charge in [0.25, 0.3) is 5.91 Å². The largest absolute Gasteiger partial charge is 0.364 e. The topological polar surface area (TPSA) is 84.7 Å². The Kier molecular flexibility index (Phi) is 2.35. The average molecular weight is 224 g/mol. The van der Waals surface area contributed by atoms with Gasteiger partial charge in [0.1, 0.15) is 17.3 Å². The molecular weight excluding hydrogens is 218 g/mol. The number of aromatic amines is 1. The Morgan fingerprint density at radius 3 is 2.38 bits per heavy atom. The van der Waals surface area contributed by atoms with Crippen molar-refractivity contribution in [2.24, 2.45) is 5.73 Å². The van der Waals surface area contributed by atoms with Crippen LogP contribution in [0.2, 0.25) is 0 Å². The van der Waals surface area contributed by atoms with E-state index in [-0.39, 0.29) is 17.0 Å². The fraction of sp³-hybridized carbons (Fsp3) is 0. The van der Waals surface area contributed by atoms with Gasteiger partial charge in [-0.05, 0) is 12.1 Å². The number of carbonyl (C=O) groups excluding carboxylic acids is 1. The quantitative estimate of drug-likeness (QED) is 0.792. The molecule has 16 heavy (non-hydrogen) atoms. The van der Waals surface area contributed by atoms with Crippen molar-refractivity contribution in [1.29, 1.82) is 0 Å². The van der Waals surface area contributed by atoms with Crippen LogP contribution in [0, 0.1) is 11.6 Å². The van der Waals surface area contributed by atoms with Crippen LogP contribution in [0.25, 0.3) is 11.3 Å². The summed E-state index contributed by atoms with van der Waals surface area (Å²) in [6.45, 7) is 0. The smallest absolute Gasteiger partial charge is 0.271 e. The van der Waals surface area contributed by atoms with Crippen LogP contribution in [0.5, 0.6) is 0 Å². The Balaban J connectivity index is 2.58. The summed E-state index contributed by atoms with van der Waals surface area (Å²) in [7, 11) is 0. The molecule has 1 aromatic carbocycles. The molecule has 7 heteroatoms. The number of nitrogens with zero attached hydrogens (tertiary/aromatic N) is 2. The minimum atomic E-state index is -0.826. The number of nitrogens with two attached hydrogens (primary N) is 1. The third-order valence-corrected chi connectivity index (χ3v) is 1.92. The van der Waals surface area contributed by atoms with Gasteiger partial charge in [0.15, 0.2) is 5.69 Å². The van der Waals surface area contributed by atoms with Crippen molar-refractivity contribution in [3.63, 3.8) is 0 Å². The van der Waals surface area contributed by atoms with Crippen LogP contribution < -0.4 is 5.73 Å². The Hall–Kier alpha value is -2.31. The van der Waals surface area contributed by atoms with Gasteiger partial charge < -0.3 is 5.73 Å². The molecule has 0 bridgehead atoms. The van der Waals surface area contributed by atoms with Gasteiger partial charge in [-0.2, -0.15) is 15.4 Å². The molecule has 0 saturated heterocycles. The van der Waals surface area contributed by atoms with Gasteiger partial charge in [-0.25, -0.2) is 8.78 Å². The summed E-state index contributed by atoms with van der Waals surface area (Å²) in [5, 5.41) is 9.29. The molecule has 0 unspecified atom stereocenters. The fourth-order valence-corrected chi connectivity index (χ4v) is 1.29. The number of benzene rings is 1. The highest BCUT2D eigenvalue weighted by Gasteiger charge is 2.16. The van der Waals surface area contributed by atoms with Crippen LogP contribution in [0.1, 0.15) is 10.5 Å². The Morgan fingerprint density at radius 2 is 1.81 bits per heavy atom. The van der Waals surface area contributed by atoms with Crippen LogP contribution in [-0.4, -0.2) is 21.3 Å². The van der Waals surface area contributed by atoms with Crippen LogP contribution in [0.3, 0.4) is 0 Å². The molecule has 0 spiro atoms. The molecule has 2 aromatic rings. The van der Waals surface area contributed by atoms with E-state index < -0.39 is 17.5 Å². The highest BCUT2D eigenvalue weighted by Crippen LogP contribution is 2.21. The van der Waals surface area contributed by atoms with Crippen LogP contribution >= 0.6 is 0 Å². The molecule has 1 amide bonds. The van der Waals surface area contributed by atoms with Crippen molar-refractivity contribution in [3.05, 3.63) is 35.5 Å². The van der Waals surface area contributed by atoms with E-state index in [1.807, 2.05) is 0 Å². The molecule has 2 rings (SSSR count). The second-order valence-electron chi connectivity index (χ2n) is 3.04. The summed E-state index contributed by atoms with van der Waals surface area (Å²) >= 11 is 0. The van der Waals surface area contributed by atoms with Gasteiger partial charge in [-0.1, -0.05) is 0 Å². The third kappa shape index (κ3) is 1.74. The zero-order valence-corrected chi connectivity index (χ0v) is 7.87. The molecule has 1 aromatic heterocycles. The molecule has 1 heterocycles. The number of rotatable bonds is 2. The van der Waals surface area contributed by atoms with Crippen molar-refractivity contribution >= 4 is 5.91 Å². The van der Waals surface area contributed by atoms with Gasteiger partial charge in [0.2, 0.25) is 0 Å². The standard InChI is InChI=1S/C9H6F2N4O/c10-5-1-4(2-6(11)3-5)7-8(9(12)16)14-15-13-7/h1-3H,(H2,12,16)(H,13,14,15). The summed E-state index contributed by atoms with van der Waals surface area (Å²) < 4.78 is 25.9. The van der Waals surface area contributed by atoms with Crippen molar-refractivity contribution in [2.45, 2.75) is 0 Å². The lowest BCUT2D eigenvalue weighted by Crippen LogP contribution is -2.12. The predicted molar refractivity (Wildman–Crippen MR) is 50.3 cm³/mol. The van der Waals surface area contributed by atoms with Crippen molar-refractivity contribution in [1.82, 2.24) is 15.4 Å². The first-order valence-corrected chi connectivity index (χ1v) is 4.25. The van der Waals surface area contributed by atoms with Crippen molar-refractivity contribution in [2.75, 3.05) is 0 Å². The molecule has 0 aliphatic heterocycles. The highest BCUT2D eigenvalue weighted by atomic mass is 19.1. The average Bonchev–Trinajstić information content (AvgIpc) is 2.63. The molecule has 0 radical (unpaired) electrons. The monoisotopic (exact) mass is 224 g/mol. The summed E-state index contributed by atoms with van der Waals surface area (Å²) in [6, 6.07) is 2.79. The van der Waals surface area contributed by atoms with Gasteiger partial charge in [0, 0.05) is 11.6 Å². The van der Waals surface area contributed by atoms with Gasteiger partial charge in [0.05, 0.1) is 0 Å². The van der Waals surface area contributed by atoms with Crippen molar-refractivity contribution in [3.8, 4) is 11.3 Å². The number of hydrogen-bond acceptors (Lipinski definition) is 3. The molecule has 0 aliphatic carbocycles. The van der Waals surface area contributed by atoms with E-state index in [0.717, 1.165) is 12.1 Å². The van der Waals surface area contributed by atoms with E-state index in [1.165, 1.54) is 0 Å². The van der Waals surface area contributed by atoms with E-state index in [0.29, 0.717) is 6.07 Å². The summed E-state index contributed by atoms with van der Waals surface area (Å²) in [4.78, 5) is 10.9. The second kappa shape index (κ2) is 3.69. The lowest BCUT2D eigenvalue weighted by Gasteiger charge is -1.99. The Labute approximate surface area is 88.3 Å². The first-order chi connectivity index (χ1) is 7.58.